The molecule has 1 aromatic carbocycles. The number of aryl methyl sites for hydroxylation is 2. The van der Waals surface area contributed by atoms with Gasteiger partial charge in [0.15, 0.2) is 0 Å². The van der Waals surface area contributed by atoms with Crippen molar-refractivity contribution in [3.63, 3.8) is 0 Å². The Morgan fingerprint density at radius 1 is 1.47 bits per heavy atom. The minimum absolute atomic E-state index is 0.168. The standard InChI is InChI=1S/C13H18O2/c1-5-11-8-6-7-9(2)12(11)10(3)13(14)15-4/h6-8,10H,5H2,1-4H3. The number of methoxy groups -OCH3 is 1. The van der Waals surface area contributed by atoms with Crippen molar-refractivity contribution in [3.05, 3.63) is 34.9 Å². The predicted molar refractivity (Wildman–Crippen MR) is 61.0 cm³/mol. The van der Waals surface area contributed by atoms with Gasteiger partial charge in [0.2, 0.25) is 0 Å². The minimum atomic E-state index is -0.175. The first-order chi connectivity index (χ1) is 7.11. The Kier molecular flexibility index (Phi) is 3.89. The van der Waals surface area contributed by atoms with Crippen LogP contribution in [-0.4, -0.2) is 13.1 Å². The molecule has 0 bridgehead atoms. The first-order valence-corrected chi connectivity index (χ1v) is 5.28. The maximum atomic E-state index is 11.5. The summed E-state index contributed by atoms with van der Waals surface area (Å²) in [5, 5.41) is 0. The van der Waals surface area contributed by atoms with Crippen LogP contribution in [-0.2, 0) is 16.0 Å². The molecule has 2 nitrogen and oxygen atoms in total. The Balaban J connectivity index is 3.16. The zero-order chi connectivity index (χ0) is 11.4. The summed E-state index contributed by atoms with van der Waals surface area (Å²) in [5.41, 5.74) is 3.51. The zero-order valence-corrected chi connectivity index (χ0v) is 9.83. The highest BCUT2D eigenvalue weighted by Crippen LogP contribution is 2.25. The number of esters is 1. The third-order valence-electron chi connectivity index (χ3n) is 2.78. The molecule has 1 rings (SSSR count). The molecule has 0 aliphatic carbocycles. The largest absolute Gasteiger partial charge is 0.469 e. The molecular weight excluding hydrogens is 188 g/mol. The molecule has 0 aliphatic rings. The first-order valence-electron chi connectivity index (χ1n) is 5.28. The van der Waals surface area contributed by atoms with Crippen LogP contribution in [0.2, 0.25) is 0 Å². The highest BCUT2D eigenvalue weighted by molar-refractivity contribution is 5.78. The van der Waals surface area contributed by atoms with E-state index in [1.54, 1.807) is 0 Å². The Hall–Kier alpha value is -1.31. The van der Waals surface area contributed by atoms with Gasteiger partial charge in [0.25, 0.3) is 0 Å². The Morgan fingerprint density at radius 3 is 2.67 bits per heavy atom. The fourth-order valence-electron chi connectivity index (χ4n) is 1.96. The monoisotopic (exact) mass is 206 g/mol. The molecule has 0 spiro atoms. The summed E-state index contributed by atoms with van der Waals surface area (Å²) in [6.45, 7) is 6.03. The Bertz CT molecular complexity index is 356. The van der Waals surface area contributed by atoms with Crippen molar-refractivity contribution in [1.29, 1.82) is 0 Å². The van der Waals surface area contributed by atoms with Crippen LogP contribution < -0.4 is 0 Å². The smallest absolute Gasteiger partial charge is 0.312 e. The van der Waals surface area contributed by atoms with E-state index < -0.39 is 0 Å². The first kappa shape index (κ1) is 11.8. The SMILES string of the molecule is CCc1cccc(C)c1C(C)C(=O)OC. The Morgan fingerprint density at radius 2 is 2.13 bits per heavy atom. The van der Waals surface area contributed by atoms with E-state index in [-0.39, 0.29) is 11.9 Å². The van der Waals surface area contributed by atoms with Gasteiger partial charge in [0, 0.05) is 0 Å². The van der Waals surface area contributed by atoms with Crippen molar-refractivity contribution in [2.75, 3.05) is 7.11 Å². The molecule has 0 aliphatic heterocycles. The van der Waals surface area contributed by atoms with Crippen molar-refractivity contribution in [2.45, 2.75) is 33.1 Å². The summed E-state index contributed by atoms with van der Waals surface area (Å²) in [6.07, 6.45) is 0.943. The fourth-order valence-corrected chi connectivity index (χ4v) is 1.96. The molecule has 15 heavy (non-hydrogen) atoms. The average Bonchev–Trinajstić information content (AvgIpc) is 2.26. The van der Waals surface area contributed by atoms with E-state index in [0.29, 0.717) is 0 Å². The number of hydrogen-bond acceptors (Lipinski definition) is 2. The van der Waals surface area contributed by atoms with Crippen LogP contribution in [0.25, 0.3) is 0 Å². The van der Waals surface area contributed by atoms with E-state index in [0.717, 1.165) is 17.5 Å². The third kappa shape index (κ3) is 2.38. The number of hydrogen-bond donors (Lipinski definition) is 0. The van der Waals surface area contributed by atoms with Gasteiger partial charge in [-0.3, -0.25) is 4.79 Å². The van der Waals surface area contributed by atoms with E-state index >= 15 is 0 Å². The minimum Gasteiger partial charge on any atom is -0.469 e. The van der Waals surface area contributed by atoms with Crippen LogP contribution in [0.3, 0.4) is 0 Å². The molecule has 0 saturated heterocycles. The van der Waals surface area contributed by atoms with E-state index in [1.165, 1.54) is 12.7 Å². The highest BCUT2D eigenvalue weighted by Gasteiger charge is 2.19. The van der Waals surface area contributed by atoms with Gasteiger partial charge in [-0.05, 0) is 37.0 Å². The zero-order valence-electron chi connectivity index (χ0n) is 9.83. The predicted octanol–water partition coefficient (Wildman–Crippen LogP) is 2.83. The second kappa shape index (κ2) is 4.96. The summed E-state index contributed by atoms with van der Waals surface area (Å²) < 4.78 is 4.78. The molecular formula is C13H18O2. The van der Waals surface area contributed by atoms with Gasteiger partial charge in [-0.15, -0.1) is 0 Å². The van der Waals surface area contributed by atoms with Gasteiger partial charge < -0.3 is 4.74 Å². The van der Waals surface area contributed by atoms with Crippen molar-refractivity contribution in [1.82, 2.24) is 0 Å². The summed E-state index contributed by atoms with van der Waals surface area (Å²) in [7, 11) is 1.43. The van der Waals surface area contributed by atoms with Crippen LogP contribution in [0, 0.1) is 6.92 Å². The van der Waals surface area contributed by atoms with Gasteiger partial charge >= 0.3 is 5.97 Å². The van der Waals surface area contributed by atoms with Crippen molar-refractivity contribution in [2.24, 2.45) is 0 Å². The molecule has 0 saturated carbocycles. The van der Waals surface area contributed by atoms with Crippen LogP contribution >= 0.6 is 0 Å². The lowest BCUT2D eigenvalue weighted by Gasteiger charge is -2.16. The maximum Gasteiger partial charge on any atom is 0.312 e. The molecule has 0 radical (unpaired) electrons. The van der Waals surface area contributed by atoms with Gasteiger partial charge in [0.1, 0.15) is 0 Å². The molecule has 82 valence electrons. The fraction of sp³-hybridized carbons (Fsp3) is 0.462. The van der Waals surface area contributed by atoms with E-state index in [9.17, 15) is 4.79 Å². The molecule has 0 fully saturated rings. The van der Waals surface area contributed by atoms with E-state index in [2.05, 4.69) is 13.0 Å². The Labute approximate surface area is 91.3 Å². The third-order valence-corrected chi connectivity index (χ3v) is 2.78. The number of benzene rings is 1. The normalized spacial score (nSPS) is 12.3. The lowest BCUT2D eigenvalue weighted by atomic mass is 9.90. The highest BCUT2D eigenvalue weighted by atomic mass is 16.5. The van der Waals surface area contributed by atoms with Crippen molar-refractivity contribution >= 4 is 5.97 Å². The van der Waals surface area contributed by atoms with Gasteiger partial charge in [-0.25, -0.2) is 0 Å². The summed E-state index contributed by atoms with van der Waals surface area (Å²) in [4.78, 5) is 11.5. The molecule has 1 atom stereocenters. The number of carbonyl (C=O) groups is 1. The molecule has 0 aromatic heterocycles. The second-order valence-electron chi connectivity index (χ2n) is 3.75. The van der Waals surface area contributed by atoms with Crippen LogP contribution in [0.15, 0.2) is 18.2 Å². The van der Waals surface area contributed by atoms with Crippen LogP contribution in [0.4, 0.5) is 0 Å². The van der Waals surface area contributed by atoms with Gasteiger partial charge in [-0.1, -0.05) is 25.1 Å². The van der Waals surface area contributed by atoms with Crippen molar-refractivity contribution < 1.29 is 9.53 Å². The summed E-state index contributed by atoms with van der Waals surface area (Å²) in [5.74, 6) is -0.342. The average molecular weight is 206 g/mol. The van der Waals surface area contributed by atoms with E-state index in [4.69, 9.17) is 4.74 Å². The van der Waals surface area contributed by atoms with Crippen LogP contribution in [0.1, 0.15) is 36.5 Å². The molecule has 0 amide bonds. The molecule has 1 aromatic rings. The van der Waals surface area contributed by atoms with Gasteiger partial charge in [0.05, 0.1) is 13.0 Å². The number of carbonyl (C=O) groups excluding carboxylic acids is 1. The quantitative estimate of drug-likeness (QED) is 0.711. The van der Waals surface area contributed by atoms with Gasteiger partial charge in [-0.2, -0.15) is 0 Å². The molecule has 2 heteroatoms. The maximum absolute atomic E-state index is 11.5. The molecule has 1 unspecified atom stereocenters. The molecule has 0 N–H and O–H groups in total. The van der Waals surface area contributed by atoms with Crippen LogP contribution in [0.5, 0.6) is 0 Å². The number of ether oxygens (including phenoxy) is 1. The lowest BCUT2D eigenvalue weighted by Crippen LogP contribution is -2.14. The molecule has 0 heterocycles. The van der Waals surface area contributed by atoms with Crippen molar-refractivity contribution in [3.8, 4) is 0 Å². The topological polar surface area (TPSA) is 26.3 Å². The number of rotatable bonds is 3. The lowest BCUT2D eigenvalue weighted by molar-refractivity contribution is -0.142. The summed E-state index contributed by atoms with van der Waals surface area (Å²) in [6, 6.07) is 6.14. The second-order valence-corrected chi connectivity index (χ2v) is 3.75. The van der Waals surface area contributed by atoms with E-state index in [1.807, 2.05) is 26.0 Å². The summed E-state index contributed by atoms with van der Waals surface area (Å²) >= 11 is 0.